The molecule has 1 saturated carbocycles. The van der Waals surface area contributed by atoms with Crippen molar-refractivity contribution in [1.29, 1.82) is 0 Å². The van der Waals surface area contributed by atoms with Gasteiger partial charge < -0.3 is 10.1 Å². The molecule has 0 aliphatic heterocycles. The van der Waals surface area contributed by atoms with Crippen LogP contribution in [0.15, 0.2) is 18.2 Å². The normalized spacial score (nSPS) is 25.8. The topological polar surface area (TPSA) is 21.3 Å². The third-order valence-electron chi connectivity index (χ3n) is 4.72. The number of ether oxygens (including phenoxy) is 1. The lowest BCUT2D eigenvalue weighted by molar-refractivity contribution is -0.0979. The Morgan fingerprint density at radius 2 is 2.06 bits per heavy atom. The summed E-state index contributed by atoms with van der Waals surface area (Å²) < 4.78 is 5.49. The van der Waals surface area contributed by atoms with Crippen molar-refractivity contribution >= 4 is 0 Å². The standard InChI is InChI=1S/C16H25NO/c1-11-7-6-8-13(12(11)2)10-17-14-9-15(18-5)16(14,3)4/h6-8,14-15,17H,9-10H2,1-5H3. The minimum atomic E-state index is 0.243. The van der Waals surface area contributed by atoms with Crippen LogP contribution in [0.5, 0.6) is 0 Å². The summed E-state index contributed by atoms with van der Waals surface area (Å²) in [6.07, 6.45) is 1.52. The molecular weight excluding hydrogens is 222 g/mol. The van der Waals surface area contributed by atoms with E-state index in [1.807, 2.05) is 7.11 Å². The quantitative estimate of drug-likeness (QED) is 0.882. The number of nitrogens with one attached hydrogen (secondary N) is 1. The van der Waals surface area contributed by atoms with Crippen LogP contribution < -0.4 is 5.32 Å². The highest BCUT2D eigenvalue weighted by Gasteiger charge is 2.48. The van der Waals surface area contributed by atoms with Crippen molar-refractivity contribution in [3.8, 4) is 0 Å². The molecule has 2 unspecified atom stereocenters. The van der Waals surface area contributed by atoms with Crippen molar-refractivity contribution in [3.05, 3.63) is 34.9 Å². The van der Waals surface area contributed by atoms with Crippen LogP contribution in [0.1, 0.15) is 37.0 Å². The van der Waals surface area contributed by atoms with Gasteiger partial charge >= 0.3 is 0 Å². The van der Waals surface area contributed by atoms with Crippen LogP contribution in [0, 0.1) is 19.3 Å². The van der Waals surface area contributed by atoms with Gasteiger partial charge in [0.2, 0.25) is 0 Å². The van der Waals surface area contributed by atoms with Crippen LogP contribution in [0.4, 0.5) is 0 Å². The molecular formula is C16H25NO. The molecule has 2 heteroatoms. The Balaban J connectivity index is 1.95. The summed E-state index contributed by atoms with van der Waals surface area (Å²) >= 11 is 0. The minimum absolute atomic E-state index is 0.243. The van der Waals surface area contributed by atoms with Crippen molar-refractivity contribution in [1.82, 2.24) is 5.32 Å². The summed E-state index contributed by atoms with van der Waals surface area (Å²) in [7, 11) is 1.81. The zero-order chi connectivity index (χ0) is 13.3. The van der Waals surface area contributed by atoms with Gasteiger partial charge in [-0.25, -0.2) is 0 Å². The smallest absolute Gasteiger partial charge is 0.0652 e. The Morgan fingerprint density at radius 3 is 2.67 bits per heavy atom. The van der Waals surface area contributed by atoms with Crippen LogP contribution in [-0.2, 0) is 11.3 Å². The summed E-state index contributed by atoms with van der Waals surface area (Å²) in [5, 5.41) is 3.68. The van der Waals surface area contributed by atoms with E-state index in [1.54, 1.807) is 0 Å². The first-order valence-electron chi connectivity index (χ1n) is 6.78. The molecule has 1 aliphatic carbocycles. The molecule has 18 heavy (non-hydrogen) atoms. The number of hydrogen-bond donors (Lipinski definition) is 1. The van der Waals surface area contributed by atoms with Crippen LogP contribution in [0.3, 0.4) is 0 Å². The second-order valence-corrected chi connectivity index (χ2v) is 6.07. The van der Waals surface area contributed by atoms with E-state index < -0.39 is 0 Å². The fourth-order valence-electron chi connectivity index (χ4n) is 2.87. The van der Waals surface area contributed by atoms with E-state index in [2.05, 4.69) is 51.2 Å². The summed E-state index contributed by atoms with van der Waals surface area (Å²) in [6.45, 7) is 9.90. The highest BCUT2D eigenvalue weighted by molar-refractivity contribution is 5.33. The molecule has 0 spiro atoms. The van der Waals surface area contributed by atoms with Crippen LogP contribution in [0.2, 0.25) is 0 Å². The molecule has 2 rings (SSSR count). The lowest BCUT2D eigenvalue weighted by Gasteiger charge is -2.51. The fourth-order valence-corrected chi connectivity index (χ4v) is 2.87. The van der Waals surface area contributed by atoms with Crippen molar-refractivity contribution in [3.63, 3.8) is 0 Å². The maximum atomic E-state index is 5.49. The SMILES string of the molecule is COC1CC(NCc2cccc(C)c2C)C1(C)C. The van der Waals surface area contributed by atoms with Gasteiger partial charge in [-0.2, -0.15) is 0 Å². The zero-order valence-electron chi connectivity index (χ0n) is 12.2. The Labute approximate surface area is 111 Å². The number of benzene rings is 1. The Kier molecular flexibility index (Phi) is 3.79. The van der Waals surface area contributed by atoms with Gasteiger partial charge in [0.1, 0.15) is 0 Å². The minimum Gasteiger partial charge on any atom is -0.381 e. The predicted molar refractivity (Wildman–Crippen MR) is 75.7 cm³/mol. The Hall–Kier alpha value is -0.860. The summed E-state index contributed by atoms with van der Waals surface area (Å²) in [4.78, 5) is 0. The van der Waals surface area contributed by atoms with E-state index >= 15 is 0 Å². The molecule has 1 aromatic carbocycles. The van der Waals surface area contributed by atoms with Gasteiger partial charge in [0.25, 0.3) is 0 Å². The summed E-state index contributed by atoms with van der Waals surface area (Å²) in [5.74, 6) is 0. The fraction of sp³-hybridized carbons (Fsp3) is 0.625. The first kappa shape index (κ1) is 13.6. The summed E-state index contributed by atoms with van der Waals surface area (Å²) in [5.41, 5.74) is 4.43. The van der Waals surface area contributed by atoms with Crippen LogP contribution >= 0.6 is 0 Å². The van der Waals surface area contributed by atoms with Gasteiger partial charge in [0.15, 0.2) is 0 Å². The molecule has 0 aromatic heterocycles. The maximum absolute atomic E-state index is 5.49. The van der Waals surface area contributed by atoms with Crippen LogP contribution in [0.25, 0.3) is 0 Å². The van der Waals surface area contributed by atoms with E-state index in [0.717, 1.165) is 13.0 Å². The second-order valence-electron chi connectivity index (χ2n) is 6.07. The third-order valence-corrected chi connectivity index (χ3v) is 4.72. The largest absolute Gasteiger partial charge is 0.381 e. The average Bonchev–Trinajstić information content (AvgIpc) is 2.33. The molecule has 0 saturated heterocycles. The first-order chi connectivity index (χ1) is 8.46. The number of methoxy groups -OCH3 is 1. The molecule has 2 nitrogen and oxygen atoms in total. The number of hydrogen-bond acceptors (Lipinski definition) is 2. The van der Waals surface area contributed by atoms with E-state index in [9.17, 15) is 0 Å². The molecule has 0 radical (unpaired) electrons. The van der Waals surface area contributed by atoms with Gasteiger partial charge in [0, 0.05) is 25.1 Å². The lowest BCUT2D eigenvalue weighted by Crippen LogP contribution is -2.60. The van der Waals surface area contributed by atoms with Gasteiger partial charge in [0.05, 0.1) is 6.10 Å². The molecule has 0 amide bonds. The molecule has 1 aliphatic rings. The average molecular weight is 247 g/mol. The molecule has 1 aromatic rings. The summed E-state index contributed by atoms with van der Waals surface area (Å²) in [6, 6.07) is 7.09. The van der Waals surface area contributed by atoms with Crippen molar-refractivity contribution < 1.29 is 4.74 Å². The highest BCUT2D eigenvalue weighted by atomic mass is 16.5. The maximum Gasteiger partial charge on any atom is 0.0652 e. The van der Waals surface area contributed by atoms with Crippen molar-refractivity contribution in [2.75, 3.05) is 7.11 Å². The molecule has 0 heterocycles. The Morgan fingerprint density at radius 1 is 1.33 bits per heavy atom. The second kappa shape index (κ2) is 5.02. The van der Waals surface area contributed by atoms with E-state index in [-0.39, 0.29) is 5.41 Å². The van der Waals surface area contributed by atoms with Gasteiger partial charge in [-0.15, -0.1) is 0 Å². The molecule has 100 valence electrons. The zero-order valence-corrected chi connectivity index (χ0v) is 12.2. The van der Waals surface area contributed by atoms with E-state index in [0.29, 0.717) is 12.1 Å². The van der Waals surface area contributed by atoms with Gasteiger partial charge in [-0.3, -0.25) is 0 Å². The van der Waals surface area contributed by atoms with E-state index in [1.165, 1.54) is 16.7 Å². The first-order valence-corrected chi connectivity index (χ1v) is 6.78. The van der Waals surface area contributed by atoms with Crippen LogP contribution in [-0.4, -0.2) is 19.3 Å². The number of aryl methyl sites for hydroxylation is 1. The highest BCUT2D eigenvalue weighted by Crippen LogP contribution is 2.42. The third kappa shape index (κ3) is 2.32. The van der Waals surface area contributed by atoms with Gasteiger partial charge in [-0.1, -0.05) is 32.0 Å². The van der Waals surface area contributed by atoms with Crippen molar-refractivity contribution in [2.45, 2.75) is 52.8 Å². The molecule has 2 atom stereocenters. The molecule has 1 N–H and O–H groups in total. The Bertz CT molecular complexity index is 425. The van der Waals surface area contributed by atoms with E-state index in [4.69, 9.17) is 4.74 Å². The predicted octanol–water partition coefficient (Wildman–Crippen LogP) is 3.21. The number of rotatable bonds is 4. The lowest BCUT2D eigenvalue weighted by atomic mass is 9.64. The van der Waals surface area contributed by atoms with Gasteiger partial charge in [-0.05, 0) is 37.0 Å². The molecule has 1 fully saturated rings. The molecule has 0 bridgehead atoms. The monoisotopic (exact) mass is 247 g/mol. The van der Waals surface area contributed by atoms with Crippen molar-refractivity contribution in [2.24, 2.45) is 5.41 Å².